The topological polar surface area (TPSA) is 26.3 Å². The molecule has 0 heterocycles. The van der Waals surface area contributed by atoms with Crippen LogP contribution in [-0.2, 0) is 9.09 Å². The Labute approximate surface area is 58.5 Å². The van der Waals surface area contributed by atoms with Gasteiger partial charge in [-0.2, -0.15) is 0 Å². The second-order valence-corrected chi connectivity index (χ2v) is 5.30. The first-order chi connectivity index (χ1) is 4.12. The summed E-state index contributed by atoms with van der Waals surface area (Å²) in [6, 6.07) is 0. The van der Waals surface area contributed by atoms with Crippen molar-refractivity contribution in [3.05, 3.63) is 0 Å². The van der Waals surface area contributed by atoms with Gasteiger partial charge in [0.15, 0.2) is 0 Å². The molecule has 2 nitrogen and oxygen atoms in total. The summed E-state index contributed by atoms with van der Waals surface area (Å²) >= 11 is 0.725. The van der Waals surface area contributed by atoms with Crippen LogP contribution in [0.15, 0.2) is 0 Å². The van der Waals surface area contributed by atoms with E-state index in [0.29, 0.717) is 5.75 Å². The number of hydrogen-bond acceptors (Lipinski definition) is 3. The molecule has 0 spiro atoms. The highest BCUT2D eigenvalue weighted by Gasteiger charge is 2.19. The molecule has 0 amide bonds. The van der Waals surface area contributed by atoms with Gasteiger partial charge in [-0.05, 0) is 18.3 Å². The zero-order valence-corrected chi connectivity index (χ0v) is 7.18. The lowest BCUT2D eigenvalue weighted by Gasteiger charge is -2.03. The Balaban J connectivity index is 3.58. The lowest BCUT2D eigenvalue weighted by molar-refractivity contribution is 0.319. The predicted molar refractivity (Wildman–Crippen MR) is 38.5 cm³/mol. The fourth-order valence-electron chi connectivity index (χ4n) is 0.346. The molecule has 0 saturated heterocycles. The molecular formula is C4H10FO2PS. The molecule has 0 aliphatic rings. The summed E-state index contributed by atoms with van der Waals surface area (Å²) in [5.74, 6) is 0.480. The fraction of sp³-hybridized carbons (Fsp3) is 1.00. The minimum absolute atomic E-state index is 0.167. The summed E-state index contributed by atoms with van der Waals surface area (Å²) in [6.07, 6.45) is 0. The Morgan fingerprint density at radius 3 is 2.56 bits per heavy atom. The molecule has 5 heteroatoms. The summed E-state index contributed by atoms with van der Waals surface area (Å²) in [7, 11) is 0. The van der Waals surface area contributed by atoms with E-state index in [1.807, 2.05) is 0 Å². The van der Waals surface area contributed by atoms with Crippen molar-refractivity contribution in [1.82, 2.24) is 0 Å². The summed E-state index contributed by atoms with van der Waals surface area (Å²) < 4.78 is 27.2. The van der Waals surface area contributed by atoms with Crippen LogP contribution in [0.25, 0.3) is 0 Å². The van der Waals surface area contributed by atoms with Crippen molar-refractivity contribution in [2.45, 2.75) is 13.8 Å². The van der Waals surface area contributed by atoms with Gasteiger partial charge >= 0.3 is 6.88 Å². The van der Waals surface area contributed by atoms with E-state index >= 15 is 0 Å². The third kappa shape index (κ3) is 4.94. The van der Waals surface area contributed by atoms with Gasteiger partial charge in [0.2, 0.25) is 0 Å². The quantitative estimate of drug-likeness (QED) is 0.610. The van der Waals surface area contributed by atoms with E-state index in [9.17, 15) is 8.76 Å². The van der Waals surface area contributed by atoms with Crippen LogP contribution in [0, 0.1) is 0 Å². The molecule has 1 atom stereocenters. The Morgan fingerprint density at radius 1 is 1.67 bits per heavy atom. The molecule has 0 fully saturated rings. The van der Waals surface area contributed by atoms with Gasteiger partial charge in [0.25, 0.3) is 0 Å². The van der Waals surface area contributed by atoms with E-state index < -0.39 is 6.88 Å². The molecule has 0 rings (SSSR count). The first-order valence-electron chi connectivity index (χ1n) is 2.71. The van der Waals surface area contributed by atoms with Crippen molar-refractivity contribution < 1.29 is 13.3 Å². The molecule has 0 saturated carbocycles. The largest absolute Gasteiger partial charge is 0.425 e. The second kappa shape index (κ2) is 4.31. The van der Waals surface area contributed by atoms with Crippen molar-refractivity contribution in [1.29, 1.82) is 0 Å². The number of rotatable bonds is 4. The SMILES string of the molecule is CCOP(=O)(F)SCC. The highest BCUT2D eigenvalue weighted by atomic mass is 32.7. The van der Waals surface area contributed by atoms with E-state index in [1.165, 1.54) is 0 Å². The molecule has 0 aromatic carbocycles. The monoisotopic (exact) mass is 172 g/mol. The summed E-state index contributed by atoms with van der Waals surface area (Å²) in [6.45, 7) is -0.263. The van der Waals surface area contributed by atoms with Crippen molar-refractivity contribution >= 4 is 18.3 Å². The highest BCUT2D eigenvalue weighted by molar-refractivity contribution is 8.55. The van der Waals surface area contributed by atoms with Crippen LogP contribution in [0.3, 0.4) is 0 Å². The highest BCUT2D eigenvalue weighted by Crippen LogP contribution is 2.60. The third-order valence-corrected chi connectivity index (χ3v) is 3.72. The molecule has 0 aromatic rings. The van der Waals surface area contributed by atoms with Crippen LogP contribution in [0.2, 0.25) is 0 Å². The lowest BCUT2D eigenvalue weighted by Crippen LogP contribution is -1.80. The Kier molecular flexibility index (Phi) is 4.54. The lowest BCUT2D eigenvalue weighted by atomic mass is 10.9. The first kappa shape index (κ1) is 9.47. The summed E-state index contributed by atoms with van der Waals surface area (Å²) in [5, 5.41) is 0. The Bertz CT molecular complexity index is 109. The van der Waals surface area contributed by atoms with Gasteiger partial charge in [0.1, 0.15) is 0 Å². The first-order valence-corrected chi connectivity index (χ1v) is 5.81. The van der Waals surface area contributed by atoms with Crippen LogP contribution in [0.1, 0.15) is 13.8 Å². The van der Waals surface area contributed by atoms with Gasteiger partial charge in [-0.25, -0.2) is 4.57 Å². The second-order valence-electron chi connectivity index (χ2n) is 1.27. The maximum Gasteiger partial charge on any atom is 0.425 e. The summed E-state index contributed by atoms with van der Waals surface area (Å²) in [5.41, 5.74) is 0. The van der Waals surface area contributed by atoms with Crippen molar-refractivity contribution in [2.75, 3.05) is 12.4 Å². The molecular weight excluding hydrogens is 162 g/mol. The van der Waals surface area contributed by atoms with Crippen LogP contribution in [0.5, 0.6) is 0 Å². The third-order valence-electron chi connectivity index (χ3n) is 0.567. The Morgan fingerprint density at radius 2 is 2.22 bits per heavy atom. The van der Waals surface area contributed by atoms with E-state index in [1.54, 1.807) is 13.8 Å². The van der Waals surface area contributed by atoms with Crippen LogP contribution in [-0.4, -0.2) is 12.4 Å². The van der Waals surface area contributed by atoms with Crippen molar-refractivity contribution in [2.24, 2.45) is 0 Å². The molecule has 0 aromatic heterocycles. The summed E-state index contributed by atoms with van der Waals surface area (Å²) in [4.78, 5) is 0. The smallest absolute Gasteiger partial charge is 0.298 e. The van der Waals surface area contributed by atoms with Gasteiger partial charge in [-0.3, -0.25) is 4.52 Å². The molecule has 0 bridgehead atoms. The van der Waals surface area contributed by atoms with Crippen LogP contribution >= 0.6 is 18.3 Å². The molecule has 9 heavy (non-hydrogen) atoms. The minimum atomic E-state index is -3.78. The van der Waals surface area contributed by atoms with Crippen LogP contribution < -0.4 is 0 Å². The van der Waals surface area contributed by atoms with Crippen molar-refractivity contribution in [3.8, 4) is 0 Å². The molecule has 0 radical (unpaired) electrons. The minimum Gasteiger partial charge on any atom is -0.298 e. The average molecular weight is 172 g/mol. The van der Waals surface area contributed by atoms with E-state index in [4.69, 9.17) is 0 Å². The standard InChI is InChI=1S/C4H10FO2PS/c1-3-7-8(5,6)9-4-2/h3-4H2,1-2H3. The average Bonchev–Trinajstić information content (AvgIpc) is 1.64. The van der Waals surface area contributed by atoms with Gasteiger partial charge in [-0.15, -0.1) is 4.20 Å². The maximum atomic E-state index is 12.4. The van der Waals surface area contributed by atoms with E-state index in [-0.39, 0.29) is 6.61 Å². The molecule has 0 aliphatic carbocycles. The maximum absolute atomic E-state index is 12.4. The van der Waals surface area contributed by atoms with Crippen LogP contribution in [0.4, 0.5) is 4.20 Å². The van der Waals surface area contributed by atoms with Crippen molar-refractivity contribution in [3.63, 3.8) is 0 Å². The predicted octanol–water partition coefficient (Wildman–Crippen LogP) is 2.85. The van der Waals surface area contributed by atoms with E-state index in [0.717, 1.165) is 11.4 Å². The molecule has 0 N–H and O–H groups in total. The van der Waals surface area contributed by atoms with Gasteiger partial charge < -0.3 is 0 Å². The fourth-order valence-corrected chi connectivity index (χ4v) is 2.50. The molecule has 56 valence electrons. The number of hydrogen-bond donors (Lipinski definition) is 0. The normalized spacial score (nSPS) is 17.2. The Hall–Kier alpha value is 0.470. The zero-order valence-electron chi connectivity index (χ0n) is 5.46. The van der Waals surface area contributed by atoms with E-state index in [2.05, 4.69) is 4.52 Å². The van der Waals surface area contributed by atoms with Gasteiger partial charge in [-0.1, -0.05) is 6.92 Å². The molecule has 0 aliphatic heterocycles. The van der Waals surface area contributed by atoms with Gasteiger partial charge in [0.05, 0.1) is 6.61 Å². The molecule has 1 unspecified atom stereocenters. The van der Waals surface area contributed by atoms with Gasteiger partial charge in [0, 0.05) is 5.75 Å². The zero-order chi connectivity index (χ0) is 7.33. The number of halogens is 1.